The molecule has 0 saturated heterocycles. The Balaban J connectivity index is 0.000000412. The van der Waals surface area contributed by atoms with Crippen molar-refractivity contribution in [2.45, 2.75) is 45.8 Å². The lowest BCUT2D eigenvalue weighted by Crippen LogP contribution is -2.61. The van der Waals surface area contributed by atoms with Crippen molar-refractivity contribution in [2.24, 2.45) is 23.2 Å². The van der Waals surface area contributed by atoms with Crippen molar-refractivity contribution in [3.05, 3.63) is 0 Å². The Labute approximate surface area is 148 Å². The highest BCUT2D eigenvalue weighted by Crippen LogP contribution is 2.61. The Morgan fingerprint density at radius 2 is 1.46 bits per heavy atom. The van der Waals surface area contributed by atoms with Gasteiger partial charge in [-0.15, -0.1) is 0 Å². The minimum Gasteiger partial charge on any atom is -0.480 e. The molecule has 3 aliphatic carbocycles. The van der Waals surface area contributed by atoms with Crippen molar-refractivity contribution in [1.29, 1.82) is 0 Å². The lowest BCUT2D eigenvalue weighted by Gasteiger charge is -2.63. The highest BCUT2D eigenvalue weighted by atomic mass is 19.4. The molecule has 0 aromatic heterocycles. The van der Waals surface area contributed by atoms with Crippen LogP contribution >= 0.6 is 0 Å². The van der Waals surface area contributed by atoms with E-state index in [4.69, 9.17) is 20.1 Å². The van der Waals surface area contributed by atoms with Gasteiger partial charge in [-0.1, -0.05) is 20.8 Å². The van der Waals surface area contributed by atoms with E-state index in [-0.39, 0.29) is 19.1 Å². The molecule has 10 heteroatoms. The van der Waals surface area contributed by atoms with E-state index in [0.717, 1.165) is 6.42 Å². The average Bonchev–Trinajstić information content (AvgIpc) is 2.44. The monoisotopic (exact) mass is 383 g/mol. The van der Waals surface area contributed by atoms with E-state index in [2.05, 4.69) is 20.8 Å². The van der Waals surface area contributed by atoms with E-state index < -0.39 is 24.1 Å². The Kier molecular flexibility index (Phi) is 6.67. The molecule has 0 aromatic carbocycles. The minimum atomic E-state index is -5.08. The normalized spacial score (nSPS) is 29.2. The van der Waals surface area contributed by atoms with Crippen LogP contribution in [0.5, 0.6) is 0 Å². The van der Waals surface area contributed by atoms with Crippen LogP contribution in [0, 0.1) is 23.2 Å². The number of halogens is 3. The Bertz CT molecular complexity index is 547. The van der Waals surface area contributed by atoms with Gasteiger partial charge in [0.05, 0.1) is 13.1 Å². The molecule has 3 N–H and O–H groups in total. The number of rotatable bonds is 5. The smallest absolute Gasteiger partial charge is 0.480 e. The zero-order valence-electron chi connectivity index (χ0n) is 14.8. The van der Waals surface area contributed by atoms with Gasteiger partial charge >= 0.3 is 24.1 Å². The fraction of sp³-hybridized carbons (Fsp3) is 0.812. The molecule has 0 aromatic rings. The molecule has 26 heavy (non-hydrogen) atoms. The molecule has 0 unspecified atom stereocenters. The van der Waals surface area contributed by atoms with Gasteiger partial charge in [0.25, 0.3) is 0 Å². The number of nitrogens with zero attached hydrogens (tertiary/aromatic N) is 1. The van der Waals surface area contributed by atoms with Crippen LogP contribution in [-0.4, -0.2) is 63.4 Å². The highest BCUT2D eigenvalue weighted by molar-refractivity contribution is 5.73. The summed E-state index contributed by atoms with van der Waals surface area (Å²) in [5.74, 6) is -3.12. The van der Waals surface area contributed by atoms with Crippen LogP contribution < -0.4 is 0 Å². The molecular weight excluding hydrogens is 359 g/mol. The number of aliphatic carboxylic acids is 3. The predicted molar refractivity (Wildman–Crippen MR) is 83.5 cm³/mol. The van der Waals surface area contributed by atoms with E-state index >= 15 is 0 Å². The zero-order valence-corrected chi connectivity index (χ0v) is 14.8. The molecule has 7 nitrogen and oxygen atoms in total. The molecule has 4 atom stereocenters. The SMILES string of the molecule is C[C@@H]1[C@@H](N(CC(=O)O)CC(=O)O)C[C@H]2C[C@@H]1C2(C)C.O=C(O)C(F)(F)F. The first kappa shape index (κ1) is 22.2. The van der Waals surface area contributed by atoms with Crippen LogP contribution in [0.25, 0.3) is 0 Å². The van der Waals surface area contributed by atoms with Gasteiger partial charge < -0.3 is 15.3 Å². The Morgan fingerprint density at radius 1 is 1.04 bits per heavy atom. The Morgan fingerprint density at radius 3 is 1.73 bits per heavy atom. The molecule has 150 valence electrons. The summed E-state index contributed by atoms with van der Waals surface area (Å²) < 4.78 is 31.7. The second-order valence-corrected chi connectivity index (χ2v) is 7.52. The van der Waals surface area contributed by atoms with Crippen LogP contribution in [-0.2, 0) is 14.4 Å². The fourth-order valence-corrected chi connectivity index (χ4v) is 4.24. The van der Waals surface area contributed by atoms with Crippen LogP contribution in [0.3, 0.4) is 0 Å². The number of alkyl halides is 3. The highest BCUT2D eigenvalue weighted by Gasteiger charge is 2.57. The van der Waals surface area contributed by atoms with Gasteiger partial charge in [0.1, 0.15) is 0 Å². The molecule has 0 radical (unpaired) electrons. The van der Waals surface area contributed by atoms with Crippen molar-refractivity contribution in [3.8, 4) is 0 Å². The second-order valence-electron chi connectivity index (χ2n) is 7.52. The van der Waals surface area contributed by atoms with Crippen LogP contribution in [0.15, 0.2) is 0 Å². The van der Waals surface area contributed by atoms with Gasteiger partial charge in [0.2, 0.25) is 0 Å². The number of hydrogen-bond acceptors (Lipinski definition) is 4. The standard InChI is InChI=1S/C14H23NO4.C2HF3O2/c1-8-10-4-9(14(10,2)3)5-11(8)15(6-12(16)17)7-13(18)19;3-2(4,5)1(6)7/h8-11H,4-7H2,1-3H3,(H,16,17)(H,18,19);(H,6,7)/t8-,9+,10-,11-;/m0./s1. The first-order chi connectivity index (χ1) is 11.7. The Hall–Kier alpha value is -1.84. The summed E-state index contributed by atoms with van der Waals surface area (Å²) in [4.78, 5) is 32.4. The van der Waals surface area contributed by atoms with Gasteiger partial charge in [0, 0.05) is 6.04 Å². The lowest BCUT2D eigenvalue weighted by atomic mass is 9.44. The molecule has 3 aliphatic rings. The fourth-order valence-electron chi connectivity index (χ4n) is 4.24. The summed E-state index contributed by atoms with van der Waals surface area (Å²) >= 11 is 0. The summed E-state index contributed by atoms with van der Waals surface area (Å²) in [7, 11) is 0. The van der Waals surface area contributed by atoms with E-state index in [1.54, 1.807) is 4.90 Å². The molecular formula is C16H24F3NO6. The third kappa shape index (κ3) is 5.09. The van der Waals surface area contributed by atoms with Gasteiger partial charge in [-0.25, -0.2) is 4.79 Å². The van der Waals surface area contributed by atoms with E-state index in [9.17, 15) is 22.8 Å². The molecule has 2 bridgehead atoms. The van der Waals surface area contributed by atoms with Crippen molar-refractivity contribution < 1.29 is 42.9 Å². The van der Waals surface area contributed by atoms with Gasteiger partial charge in [0.15, 0.2) is 0 Å². The topological polar surface area (TPSA) is 115 Å². The summed E-state index contributed by atoms with van der Waals surface area (Å²) in [5.41, 5.74) is 0.327. The van der Waals surface area contributed by atoms with Gasteiger partial charge in [-0.05, 0) is 36.0 Å². The molecule has 0 heterocycles. The van der Waals surface area contributed by atoms with Crippen LogP contribution in [0.2, 0.25) is 0 Å². The molecule has 0 aliphatic heterocycles. The number of fused-ring (bicyclic) bond motifs is 2. The second kappa shape index (κ2) is 7.81. The largest absolute Gasteiger partial charge is 0.490 e. The number of carboxylic acid groups (broad SMARTS) is 3. The van der Waals surface area contributed by atoms with E-state index in [1.807, 2.05) is 0 Å². The van der Waals surface area contributed by atoms with Crippen molar-refractivity contribution in [1.82, 2.24) is 4.90 Å². The third-order valence-electron chi connectivity index (χ3n) is 5.70. The van der Waals surface area contributed by atoms with Gasteiger partial charge in [-0.2, -0.15) is 13.2 Å². The van der Waals surface area contributed by atoms with Crippen LogP contribution in [0.4, 0.5) is 13.2 Å². The molecule has 0 amide bonds. The average molecular weight is 383 g/mol. The lowest BCUT2D eigenvalue weighted by molar-refractivity contribution is -0.192. The maximum absolute atomic E-state index is 10.9. The summed E-state index contributed by atoms with van der Waals surface area (Å²) in [6, 6.07) is 0.0870. The molecule has 3 fully saturated rings. The van der Waals surface area contributed by atoms with Crippen LogP contribution in [0.1, 0.15) is 33.6 Å². The summed E-state index contributed by atoms with van der Waals surface area (Å²) in [6.45, 7) is 6.33. The maximum Gasteiger partial charge on any atom is 0.490 e. The number of carbonyl (C=O) groups is 3. The molecule has 3 rings (SSSR count). The number of carboxylic acids is 3. The van der Waals surface area contributed by atoms with E-state index in [0.29, 0.717) is 23.2 Å². The first-order valence-electron chi connectivity index (χ1n) is 8.15. The maximum atomic E-state index is 10.9. The van der Waals surface area contributed by atoms with Crippen molar-refractivity contribution in [2.75, 3.05) is 13.1 Å². The molecule has 0 spiro atoms. The van der Waals surface area contributed by atoms with Crippen molar-refractivity contribution in [3.63, 3.8) is 0 Å². The number of hydrogen-bond donors (Lipinski definition) is 3. The first-order valence-corrected chi connectivity index (χ1v) is 8.15. The predicted octanol–water partition coefficient (Wildman–Crippen LogP) is 2.16. The third-order valence-corrected chi connectivity index (χ3v) is 5.70. The molecule has 3 saturated carbocycles. The summed E-state index contributed by atoms with van der Waals surface area (Å²) in [6.07, 6.45) is -2.95. The van der Waals surface area contributed by atoms with E-state index in [1.165, 1.54) is 6.42 Å². The zero-order chi connectivity index (χ0) is 20.4. The van der Waals surface area contributed by atoms with Gasteiger partial charge in [-0.3, -0.25) is 14.5 Å². The van der Waals surface area contributed by atoms with Crippen molar-refractivity contribution >= 4 is 17.9 Å². The quantitative estimate of drug-likeness (QED) is 0.666. The summed E-state index contributed by atoms with van der Waals surface area (Å²) in [5, 5.41) is 25.0. The minimum absolute atomic E-state index is 0.0870.